The maximum atomic E-state index is 12.4. The van der Waals surface area contributed by atoms with E-state index >= 15 is 0 Å². The largest absolute Gasteiger partial charge is 0.486 e. The number of amides is 1. The molecule has 4 nitrogen and oxygen atoms in total. The Kier molecular flexibility index (Phi) is 5.26. The van der Waals surface area contributed by atoms with Crippen molar-refractivity contribution in [3.05, 3.63) is 58.6 Å². The standard InChI is InChI=1S/C19H20ClNO3/c1-2-16(14-4-3-5-15(20)12-14)21-19(22)11-13-6-7-17-18(10-13)24-9-8-23-17/h3-7,10,12,16H,2,8-9,11H2,1H3,(H,21,22). The molecule has 0 spiro atoms. The van der Waals surface area contributed by atoms with E-state index in [4.69, 9.17) is 21.1 Å². The quantitative estimate of drug-likeness (QED) is 0.893. The molecule has 0 radical (unpaired) electrons. The van der Waals surface area contributed by atoms with E-state index in [-0.39, 0.29) is 11.9 Å². The van der Waals surface area contributed by atoms with Crippen LogP contribution < -0.4 is 14.8 Å². The lowest BCUT2D eigenvalue weighted by molar-refractivity contribution is -0.121. The van der Waals surface area contributed by atoms with Crippen molar-refractivity contribution in [3.8, 4) is 11.5 Å². The Hall–Kier alpha value is -2.20. The first kappa shape index (κ1) is 16.7. The van der Waals surface area contributed by atoms with E-state index in [1.807, 2.05) is 49.4 Å². The fourth-order valence-electron chi connectivity index (χ4n) is 2.77. The Morgan fingerprint density at radius 1 is 1.17 bits per heavy atom. The van der Waals surface area contributed by atoms with Gasteiger partial charge in [-0.05, 0) is 41.8 Å². The summed E-state index contributed by atoms with van der Waals surface area (Å²) in [5.74, 6) is 1.41. The van der Waals surface area contributed by atoms with E-state index in [2.05, 4.69) is 5.32 Å². The summed E-state index contributed by atoms with van der Waals surface area (Å²) in [6, 6.07) is 13.2. The molecule has 0 bridgehead atoms. The summed E-state index contributed by atoms with van der Waals surface area (Å²) >= 11 is 6.04. The Labute approximate surface area is 146 Å². The maximum absolute atomic E-state index is 12.4. The van der Waals surface area contributed by atoms with Crippen LogP contribution in [0.25, 0.3) is 0 Å². The van der Waals surface area contributed by atoms with E-state index in [1.165, 1.54) is 0 Å². The molecule has 1 heterocycles. The second kappa shape index (κ2) is 7.58. The highest BCUT2D eigenvalue weighted by Gasteiger charge is 2.16. The summed E-state index contributed by atoms with van der Waals surface area (Å²) in [7, 11) is 0. The van der Waals surface area contributed by atoms with Gasteiger partial charge >= 0.3 is 0 Å². The molecule has 2 aromatic carbocycles. The van der Waals surface area contributed by atoms with Gasteiger partial charge in [0.2, 0.25) is 5.91 Å². The normalized spacial score (nSPS) is 14.1. The molecule has 24 heavy (non-hydrogen) atoms. The molecule has 1 atom stereocenters. The molecule has 126 valence electrons. The predicted molar refractivity (Wildman–Crippen MR) is 93.8 cm³/mol. The summed E-state index contributed by atoms with van der Waals surface area (Å²) < 4.78 is 11.1. The van der Waals surface area contributed by atoms with E-state index in [0.29, 0.717) is 30.4 Å². The predicted octanol–water partition coefficient (Wildman–Crippen LogP) is 3.92. The van der Waals surface area contributed by atoms with Crippen LogP contribution in [-0.4, -0.2) is 19.1 Å². The van der Waals surface area contributed by atoms with Crippen molar-refractivity contribution in [2.75, 3.05) is 13.2 Å². The van der Waals surface area contributed by atoms with Gasteiger partial charge in [0.25, 0.3) is 0 Å². The summed E-state index contributed by atoms with van der Waals surface area (Å²) in [5, 5.41) is 3.74. The van der Waals surface area contributed by atoms with Gasteiger partial charge in [-0.1, -0.05) is 36.7 Å². The van der Waals surface area contributed by atoms with Gasteiger partial charge in [-0.25, -0.2) is 0 Å². The number of rotatable bonds is 5. The van der Waals surface area contributed by atoms with E-state index in [1.54, 1.807) is 0 Å². The number of hydrogen-bond acceptors (Lipinski definition) is 3. The minimum atomic E-state index is -0.0478. The van der Waals surface area contributed by atoms with Gasteiger partial charge < -0.3 is 14.8 Å². The van der Waals surface area contributed by atoms with Crippen LogP contribution in [0.4, 0.5) is 0 Å². The topological polar surface area (TPSA) is 47.6 Å². The molecule has 0 fully saturated rings. The zero-order valence-corrected chi connectivity index (χ0v) is 14.3. The van der Waals surface area contributed by atoms with Crippen LogP contribution in [0.1, 0.15) is 30.5 Å². The summed E-state index contributed by atoms with van der Waals surface area (Å²) in [4.78, 5) is 12.4. The van der Waals surface area contributed by atoms with Gasteiger partial charge in [0, 0.05) is 5.02 Å². The lowest BCUT2D eigenvalue weighted by atomic mass is 10.0. The van der Waals surface area contributed by atoms with Gasteiger partial charge in [0.15, 0.2) is 11.5 Å². The van der Waals surface area contributed by atoms with E-state index in [9.17, 15) is 4.79 Å². The van der Waals surface area contributed by atoms with Crippen LogP contribution in [0.15, 0.2) is 42.5 Å². The maximum Gasteiger partial charge on any atom is 0.224 e. The number of carbonyl (C=O) groups excluding carboxylic acids is 1. The molecule has 1 unspecified atom stereocenters. The fraction of sp³-hybridized carbons (Fsp3) is 0.316. The zero-order chi connectivity index (χ0) is 16.9. The SMILES string of the molecule is CCC(NC(=O)Cc1ccc2c(c1)OCCO2)c1cccc(Cl)c1. The van der Waals surface area contributed by atoms with Gasteiger partial charge in [-0.15, -0.1) is 0 Å². The van der Waals surface area contributed by atoms with E-state index < -0.39 is 0 Å². The molecule has 1 amide bonds. The first-order valence-corrected chi connectivity index (χ1v) is 8.47. The lowest BCUT2D eigenvalue weighted by Gasteiger charge is -2.20. The van der Waals surface area contributed by atoms with Crippen molar-refractivity contribution in [1.29, 1.82) is 0 Å². The van der Waals surface area contributed by atoms with Crippen LogP contribution in [0, 0.1) is 0 Å². The summed E-state index contributed by atoms with van der Waals surface area (Å²) in [6.07, 6.45) is 1.10. The number of ether oxygens (including phenoxy) is 2. The van der Waals surface area contributed by atoms with Gasteiger partial charge in [-0.3, -0.25) is 4.79 Å². The van der Waals surface area contributed by atoms with E-state index in [0.717, 1.165) is 23.3 Å². The fourth-order valence-corrected chi connectivity index (χ4v) is 2.97. The van der Waals surface area contributed by atoms with Crippen LogP contribution in [-0.2, 0) is 11.2 Å². The third-order valence-electron chi connectivity index (χ3n) is 3.97. The van der Waals surface area contributed by atoms with Crippen molar-refractivity contribution in [1.82, 2.24) is 5.32 Å². The first-order chi connectivity index (χ1) is 11.7. The number of hydrogen-bond donors (Lipinski definition) is 1. The molecule has 1 aliphatic rings. The molecular formula is C19H20ClNO3. The second-order valence-corrected chi connectivity index (χ2v) is 6.17. The van der Waals surface area contributed by atoms with Crippen molar-refractivity contribution in [2.45, 2.75) is 25.8 Å². The molecule has 0 saturated heterocycles. The molecule has 5 heteroatoms. The van der Waals surface area contributed by atoms with Gasteiger partial charge in [-0.2, -0.15) is 0 Å². The number of benzene rings is 2. The molecule has 1 N–H and O–H groups in total. The Morgan fingerprint density at radius 2 is 1.96 bits per heavy atom. The number of halogens is 1. The van der Waals surface area contributed by atoms with Gasteiger partial charge in [0.05, 0.1) is 12.5 Å². The highest BCUT2D eigenvalue weighted by Crippen LogP contribution is 2.31. The number of fused-ring (bicyclic) bond motifs is 1. The average molecular weight is 346 g/mol. The van der Waals surface area contributed by atoms with Crippen LogP contribution in [0.2, 0.25) is 5.02 Å². The third-order valence-corrected chi connectivity index (χ3v) is 4.20. The summed E-state index contributed by atoms with van der Waals surface area (Å²) in [5.41, 5.74) is 1.92. The molecule has 0 saturated carbocycles. The number of carbonyl (C=O) groups is 1. The minimum absolute atomic E-state index is 0.0292. The monoisotopic (exact) mass is 345 g/mol. The van der Waals surface area contributed by atoms with Crippen molar-refractivity contribution in [2.24, 2.45) is 0 Å². The second-order valence-electron chi connectivity index (χ2n) is 5.74. The number of nitrogens with one attached hydrogen (secondary N) is 1. The smallest absolute Gasteiger partial charge is 0.224 e. The molecule has 3 rings (SSSR count). The third kappa shape index (κ3) is 4.01. The van der Waals surface area contributed by atoms with Gasteiger partial charge in [0.1, 0.15) is 13.2 Å². The first-order valence-electron chi connectivity index (χ1n) is 8.09. The molecular weight excluding hydrogens is 326 g/mol. The van der Waals surface area contributed by atoms with Crippen LogP contribution >= 0.6 is 11.6 Å². The molecule has 1 aliphatic heterocycles. The minimum Gasteiger partial charge on any atom is -0.486 e. The molecule has 0 aromatic heterocycles. The summed E-state index contributed by atoms with van der Waals surface area (Å²) in [6.45, 7) is 3.13. The zero-order valence-electron chi connectivity index (χ0n) is 13.5. The van der Waals surface area contributed by atoms with Crippen molar-refractivity contribution in [3.63, 3.8) is 0 Å². The van der Waals surface area contributed by atoms with Crippen molar-refractivity contribution < 1.29 is 14.3 Å². The highest BCUT2D eigenvalue weighted by atomic mass is 35.5. The van der Waals surface area contributed by atoms with Crippen molar-refractivity contribution >= 4 is 17.5 Å². The average Bonchev–Trinajstić information content (AvgIpc) is 2.59. The molecule has 0 aliphatic carbocycles. The Bertz CT molecular complexity index is 732. The molecule has 2 aromatic rings. The van der Waals surface area contributed by atoms with Crippen LogP contribution in [0.3, 0.4) is 0 Å². The Balaban J connectivity index is 1.66. The highest BCUT2D eigenvalue weighted by molar-refractivity contribution is 6.30. The lowest BCUT2D eigenvalue weighted by Crippen LogP contribution is -2.29. The van der Waals surface area contributed by atoms with Crippen LogP contribution in [0.5, 0.6) is 11.5 Å². The Morgan fingerprint density at radius 3 is 2.71 bits per heavy atom.